The smallest absolute Gasteiger partial charge is 0.252 e. The largest absolute Gasteiger partial charge is 0.497 e. The Hall–Kier alpha value is -4.12. The van der Waals surface area contributed by atoms with Gasteiger partial charge in [0.2, 0.25) is 0 Å². The van der Waals surface area contributed by atoms with Crippen LogP contribution < -0.4 is 14.8 Å². The van der Waals surface area contributed by atoms with E-state index in [-0.39, 0.29) is 32.1 Å². The topological polar surface area (TPSA) is 64.6 Å². The maximum absolute atomic E-state index is 12.7. The van der Waals surface area contributed by atoms with Crippen LogP contribution >= 0.6 is 0 Å². The van der Waals surface area contributed by atoms with E-state index in [1.165, 1.54) is 0 Å². The first-order valence-corrected chi connectivity index (χ1v) is 10.3. The van der Waals surface area contributed by atoms with Crippen LogP contribution in [-0.4, -0.2) is 25.3 Å². The van der Waals surface area contributed by atoms with Gasteiger partial charge in [-0.05, 0) is 35.0 Å². The van der Waals surface area contributed by atoms with Gasteiger partial charge in [-0.2, -0.15) is 0 Å². The lowest BCUT2D eigenvalue weighted by atomic mass is 10.0. The number of amides is 1. The van der Waals surface area contributed by atoms with Crippen LogP contribution in [-0.2, 0) is 11.2 Å². The van der Waals surface area contributed by atoms with Crippen molar-refractivity contribution in [3.05, 3.63) is 102 Å². The van der Waals surface area contributed by atoms with Crippen LogP contribution in [0, 0.1) is 0 Å². The quantitative estimate of drug-likeness (QED) is 0.374. The SMILES string of the molecule is C.COc1cccc(Oc2ccccc2CC(=O)CNC(=O)c2cccc3ccccc23)c1. The number of methoxy groups -OCH3 is 1. The summed E-state index contributed by atoms with van der Waals surface area (Å²) in [5.41, 5.74) is 1.30. The van der Waals surface area contributed by atoms with E-state index in [0.717, 1.165) is 16.3 Å². The van der Waals surface area contributed by atoms with Gasteiger partial charge in [0.25, 0.3) is 5.91 Å². The fourth-order valence-corrected chi connectivity index (χ4v) is 3.51. The minimum atomic E-state index is -0.268. The number of hydrogen-bond acceptors (Lipinski definition) is 4. The molecule has 0 unspecified atom stereocenters. The molecule has 4 aromatic rings. The number of nitrogens with one attached hydrogen (secondary N) is 1. The minimum absolute atomic E-state index is 0. The molecule has 4 rings (SSSR count). The van der Waals surface area contributed by atoms with Crippen molar-refractivity contribution in [1.29, 1.82) is 0 Å². The molecule has 0 fully saturated rings. The molecule has 1 N–H and O–H groups in total. The van der Waals surface area contributed by atoms with Gasteiger partial charge in [0.15, 0.2) is 5.78 Å². The third-order valence-corrected chi connectivity index (χ3v) is 5.11. The highest BCUT2D eigenvalue weighted by Crippen LogP contribution is 2.28. The molecule has 5 heteroatoms. The lowest BCUT2D eigenvalue weighted by Gasteiger charge is -2.12. The predicted octanol–water partition coefficient (Wildman–Crippen LogP) is 5.82. The first-order valence-electron chi connectivity index (χ1n) is 10.3. The van der Waals surface area contributed by atoms with Crippen LogP contribution in [0.2, 0.25) is 0 Å². The third kappa shape index (κ3) is 5.77. The number of Topliss-reactive ketones (excluding diaryl/α,β-unsaturated/α-hetero) is 1. The zero-order valence-electron chi connectivity index (χ0n) is 17.7. The van der Waals surface area contributed by atoms with E-state index >= 15 is 0 Å². The third-order valence-electron chi connectivity index (χ3n) is 5.11. The van der Waals surface area contributed by atoms with E-state index < -0.39 is 0 Å². The minimum Gasteiger partial charge on any atom is -0.497 e. The molecule has 0 aliphatic carbocycles. The fraction of sp³-hybridized carbons (Fsp3) is 0.143. The lowest BCUT2D eigenvalue weighted by Crippen LogP contribution is -2.30. The molecule has 1 amide bonds. The summed E-state index contributed by atoms with van der Waals surface area (Å²) in [7, 11) is 1.60. The fourth-order valence-electron chi connectivity index (χ4n) is 3.51. The zero-order valence-corrected chi connectivity index (χ0v) is 17.7. The molecule has 0 heterocycles. The molecule has 0 atom stereocenters. The summed E-state index contributed by atoms with van der Waals surface area (Å²) in [6, 6.07) is 27.9. The zero-order chi connectivity index (χ0) is 22.3. The molecule has 0 aliphatic heterocycles. The average Bonchev–Trinajstić information content (AvgIpc) is 2.83. The number of fused-ring (bicyclic) bond motifs is 1. The number of ketones is 1. The van der Waals surface area contributed by atoms with E-state index in [9.17, 15) is 9.59 Å². The van der Waals surface area contributed by atoms with Gasteiger partial charge < -0.3 is 14.8 Å². The summed E-state index contributed by atoms with van der Waals surface area (Å²) < 4.78 is 11.2. The lowest BCUT2D eigenvalue weighted by molar-refractivity contribution is -0.117. The Morgan fingerprint density at radius 2 is 1.52 bits per heavy atom. The molecule has 168 valence electrons. The van der Waals surface area contributed by atoms with Crippen molar-refractivity contribution in [2.45, 2.75) is 13.8 Å². The average molecular weight is 442 g/mol. The van der Waals surface area contributed by atoms with Gasteiger partial charge in [-0.1, -0.05) is 68.1 Å². The maximum atomic E-state index is 12.7. The van der Waals surface area contributed by atoms with Gasteiger partial charge in [0, 0.05) is 23.6 Å². The number of rotatable bonds is 8. The molecule has 0 aliphatic rings. The molecule has 0 bridgehead atoms. The number of carbonyl (C=O) groups excluding carboxylic acids is 2. The van der Waals surface area contributed by atoms with Gasteiger partial charge in [-0.3, -0.25) is 9.59 Å². The monoisotopic (exact) mass is 441 g/mol. The van der Waals surface area contributed by atoms with Crippen molar-refractivity contribution in [3.8, 4) is 17.2 Å². The second-order valence-corrected chi connectivity index (χ2v) is 7.31. The van der Waals surface area contributed by atoms with Crippen molar-refractivity contribution in [3.63, 3.8) is 0 Å². The summed E-state index contributed by atoms with van der Waals surface area (Å²) >= 11 is 0. The van der Waals surface area contributed by atoms with E-state index in [1.807, 2.05) is 78.9 Å². The number of hydrogen-bond donors (Lipinski definition) is 1. The summed E-state index contributed by atoms with van der Waals surface area (Å²) in [5.74, 6) is 1.52. The van der Waals surface area contributed by atoms with Gasteiger partial charge in [-0.15, -0.1) is 0 Å². The number of ether oxygens (including phenoxy) is 2. The summed E-state index contributed by atoms with van der Waals surface area (Å²) in [4.78, 5) is 25.3. The number of benzene rings is 4. The van der Waals surface area contributed by atoms with E-state index in [1.54, 1.807) is 19.2 Å². The highest BCUT2D eigenvalue weighted by atomic mass is 16.5. The first-order chi connectivity index (χ1) is 15.6. The first kappa shape index (κ1) is 23.5. The van der Waals surface area contributed by atoms with Gasteiger partial charge in [-0.25, -0.2) is 0 Å². The summed E-state index contributed by atoms with van der Waals surface area (Å²) in [6.45, 7) is -0.0600. The van der Waals surface area contributed by atoms with Gasteiger partial charge in [0.05, 0.1) is 13.7 Å². The molecule has 0 saturated carbocycles. The molecule has 5 nitrogen and oxygen atoms in total. The van der Waals surface area contributed by atoms with Crippen molar-refractivity contribution < 1.29 is 19.1 Å². The summed E-state index contributed by atoms with van der Waals surface area (Å²) in [5, 5.41) is 4.59. The van der Waals surface area contributed by atoms with Crippen molar-refractivity contribution in [2.24, 2.45) is 0 Å². The van der Waals surface area contributed by atoms with Crippen LogP contribution in [0.1, 0.15) is 23.3 Å². The van der Waals surface area contributed by atoms with Crippen molar-refractivity contribution >= 4 is 22.5 Å². The Morgan fingerprint density at radius 3 is 2.36 bits per heavy atom. The van der Waals surface area contributed by atoms with Crippen LogP contribution in [0.4, 0.5) is 0 Å². The standard InChI is InChI=1S/C27H23NO4.CH4/c1-31-22-11-7-12-23(17-22)32-26-15-5-3-9-20(26)16-21(29)18-28-27(30)25-14-6-10-19-8-2-4-13-24(19)25;/h2-15,17H,16,18H2,1H3,(H,28,30);1H4. The number of para-hydroxylation sites is 1. The highest BCUT2D eigenvalue weighted by Gasteiger charge is 2.14. The van der Waals surface area contributed by atoms with Crippen LogP contribution in [0.5, 0.6) is 17.2 Å². The molecule has 4 aromatic carbocycles. The Labute approximate surface area is 194 Å². The Bertz CT molecular complexity index is 1260. The Kier molecular flexibility index (Phi) is 7.82. The molecule has 33 heavy (non-hydrogen) atoms. The van der Waals surface area contributed by atoms with Crippen LogP contribution in [0.15, 0.2) is 91.0 Å². The van der Waals surface area contributed by atoms with Crippen LogP contribution in [0.3, 0.4) is 0 Å². The molecule has 0 radical (unpaired) electrons. The molecule has 0 aromatic heterocycles. The second kappa shape index (κ2) is 11.0. The van der Waals surface area contributed by atoms with Crippen LogP contribution in [0.25, 0.3) is 10.8 Å². The molecule has 0 spiro atoms. The van der Waals surface area contributed by atoms with Crippen molar-refractivity contribution in [1.82, 2.24) is 5.32 Å². The molecule has 0 saturated heterocycles. The number of carbonyl (C=O) groups is 2. The molecular formula is C28H27NO4. The van der Waals surface area contributed by atoms with Crippen molar-refractivity contribution in [2.75, 3.05) is 13.7 Å². The predicted molar refractivity (Wildman–Crippen MR) is 131 cm³/mol. The van der Waals surface area contributed by atoms with Gasteiger partial charge in [0.1, 0.15) is 17.2 Å². The summed E-state index contributed by atoms with van der Waals surface area (Å²) in [6.07, 6.45) is 0.149. The van der Waals surface area contributed by atoms with E-state index in [2.05, 4.69) is 5.32 Å². The second-order valence-electron chi connectivity index (χ2n) is 7.31. The Morgan fingerprint density at radius 1 is 0.818 bits per heavy atom. The van der Waals surface area contributed by atoms with E-state index in [0.29, 0.717) is 22.8 Å². The molecular weight excluding hydrogens is 414 g/mol. The Balaban J connectivity index is 0.00000306. The van der Waals surface area contributed by atoms with Gasteiger partial charge >= 0.3 is 0 Å². The normalized spacial score (nSPS) is 10.2. The maximum Gasteiger partial charge on any atom is 0.252 e. The highest BCUT2D eigenvalue weighted by molar-refractivity contribution is 6.07. The van der Waals surface area contributed by atoms with E-state index in [4.69, 9.17) is 9.47 Å².